The van der Waals surface area contributed by atoms with Crippen LogP contribution in [0.1, 0.15) is 20.3 Å². The van der Waals surface area contributed by atoms with Crippen molar-refractivity contribution in [3.05, 3.63) is 17.9 Å². The van der Waals surface area contributed by atoms with Crippen LogP contribution in [0, 0.1) is 5.82 Å². The summed E-state index contributed by atoms with van der Waals surface area (Å²) >= 11 is 0. The molecule has 6 heteroatoms. The molecule has 0 aliphatic rings. The molecule has 0 aliphatic heterocycles. The maximum Gasteiger partial charge on any atom is 0.325 e. The number of hydrogen-bond donors (Lipinski definition) is 2. The minimum Gasteiger partial charge on any atom is -0.490 e. The molecule has 0 saturated heterocycles. The molecule has 106 valence electrons. The van der Waals surface area contributed by atoms with E-state index in [2.05, 4.69) is 5.32 Å². The van der Waals surface area contributed by atoms with E-state index in [-0.39, 0.29) is 18.0 Å². The summed E-state index contributed by atoms with van der Waals surface area (Å²) < 4.78 is 23.6. The minimum absolute atomic E-state index is 0.0309. The van der Waals surface area contributed by atoms with E-state index in [4.69, 9.17) is 15.2 Å². The van der Waals surface area contributed by atoms with Crippen LogP contribution in [0.5, 0.6) is 5.75 Å². The largest absolute Gasteiger partial charge is 0.490 e. The number of nitrogens with two attached hydrogens (primary N) is 1. The normalized spacial score (nSPS) is 10.1. The Morgan fingerprint density at radius 2 is 2.16 bits per heavy atom. The summed E-state index contributed by atoms with van der Waals surface area (Å²) in [4.78, 5) is 11.2. The first-order valence-electron chi connectivity index (χ1n) is 6.19. The topological polar surface area (TPSA) is 73.6 Å². The fourth-order valence-corrected chi connectivity index (χ4v) is 1.42. The Morgan fingerprint density at radius 3 is 2.79 bits per heavy atom. The number of benzene rings is 1. The van der Waals surface area contributed by atoms with Crippen molar-refractivity contribution in [2.24, 2.45) is 0 Å². The molecule has 1 rings (SSSR count). The molecule has 0 spiro atoms. The second kappa shape index (κ2) is 7.45. The smallest absolute Gasteiger partial charge is 0.325 e. The monoisotopic (exact) mass is 270 g/mol. The number of halogens is 1. The molecule has 3 N–H and O–H groups in total. The summed E-state index contributed by atoms with van der Waals surface area (Å²) in [6.07, 6.45) is 0.773. The third-order valence-electron chi connectivity index (χ3n) is 2.29. The number of anilines is 2. The summed E-state index contributed by atoms with van der Waals surface area (Å²) in [5.74, 6) is -0.808. The maximum atomic E-state index is 13.5. The van der Waals surface area contributed by atoms with Crippen molar-refractivity contribution in [3.8, 4) is 5.75 Å². The van der Waals surface area contributed by atoms with Crippen LogP contribution in [0.25, 0.3) is 0 Å². The fourth-order valence-electron chi connectivity index (χ4n) is 1.42. The predicted molar refractivity (Wildman–Crippen MR) is 71.7 cm³/mol. The van der Waals surface area contributed by atoms with E-state index in [1.165, 1.54) is 12.1 Å². The van der Waals surface area contributed by atoms with Gasteiger partial charge in [0.15, 0.2) is 11.6 Å². The second-order valence-corrected chi connectivity index (χ2v) is 3.88. The molecule has 19 heavy (non-hydrogen) atoms. The van der Waals surface area contributed by atoms with Crippen molar-refractivity contribution in [1.29, 1.82) is 0 Å². The van der Waals surface area contributed by atoms with E-state index >= 15 is 0 Å². The molecule has 5 nitrogen and oxygen atoms in total. The summed E-state index contributed by atoms with van der Waals surface area (Å²) in [5, 5.41) is 2.80. The fraction of sp³-hybridized carbons (Fsp3) is 0.462. The van der Waals surface area contributed by atoms with Crippen LogP contribution in [-0.4, -0.2) is 25.7 Å². The van der Waals surface area contributed by atoms with E-state index in [0.29, 0.717) is 18.9 Å². The lowest BCUT2D eigenvalue weighted by Gasteiger charge is -2.12. The Labute approximate surface area is 111 Å². The van der Waals surface area contributed by atoms with Gasteiger partial charge in [-0.2, -0.15) is 0 Å². The van der Waals surface area contributed by atoms with Crippen LogP contribution in [-0.2, 0) is 9.53 Å². The van der Waals surface area contributed by atoms with Gasteiger partial charge in [-0.3, -0.25) is 4.79 Å². The van der Waals surface area contributed by atoms with Gasteiger partial charge in [0.1, 0.15) is 6.54 Å². The molecule has 0 fully saturated rings. The van der Waals surface area contributed by atoms with Gasteiger partial charge in [-0.15, -0.1) is 0 Å². The summed E-state index contributed by atoms with van der Waals surface area (Å²) in [5.41, 5.74) is 6.33. The molecule has 0 amide bonds. The Bertz CT molecular complexity index is 438. The summed E-state index contributed by atoms with van der Waals surface area (Å²) in [7, 11) is 0. The van der Waals surface area contributed by atoms with Gasteiger partial charge < -0.3 is 20.5 Å². The predicted octanol–water partition coefficient (Wildman–Crippen LogP) is 2.17. The Kier molecular flexibility index (Phi) is 5.92. The number of nitrogens with one attached hydrogen (secondary N) is 1. The third-order valence-corrected chi connectivity index (χ3v) is 2.29. The highest BCUT2D eigenvalue weighted by Gasteiger charge is 2.10. The molecular formula is C13H19FN2O3. The van der Waals surface area contributed by atoms with Crippen molar-refractivity contribution in [2.45, 2.75) is 20.3 Å². The molecule has 0 aliphatic carbocycles. The quantitative estimate of drug-likeness (QED) is 0.587. The molecule has 0 bridgehead atoms. The molecule has 1 aromatic carbocycles. The third kappa shape index (κ3) is 4.65. The Hall–Kier alpha value is -1.98. The van der Waals surface area contributed by atoms with Gasteiger partial charge in [0, 0.05) is 12.1 Å². The van der Waals surface area contributed by atoms with Crippen LogP contribution in [0.2, 0.25) is 0 Å². The highest BCUT2D eigenvalue weighted by Crippen LogP contribution is 2.28. The molecule has 0 radical (unpaired) electrons. The van der Waals surface area contributed by atoms with Crippen LogP contribution in [0.4, 0.5) is 15.8 Å². The van der Waals surface area contributed by atoms with Crippen LogP contribution in [0.15, 0.2) is 12.1 Å². The molecule has 0 unspecified atom stereocenters. The number of ether oxygens (including phenoxy) is 2. The second-order valence-electron chi connectivity index (χ2n) is 3.88. The van der Waals surface area contributed by atoms with Crippen molar-refractivity contribution in [2.75, 3.05) is 30.8 Å². The van der Waals surface area contributed by atoms with Gasteiger partial charge in [-0.25, -0.2) is 4.39 Å². The van der Waals surface area contributed by atoms with Crippen molar-refractivity contribution >= 4 is 17.3 Å². The average molecular weight is 270 g/mol. The molecule has 1 aromatic rings. The first kappa shape index (κ1) is 15.1. The minimum atomic E-state index is -0.521. The summed E-state index contributed by atoms with van der Waals surface area (Å²) in [6.45, 7) is 4.34. The number of nitrogen functional groups attached to an aromatic ring is 1. The number of hydrogen-bond acceptors (Lipinski definition) is 5. The SMILES string of the molecule is CCCOc1cc(NCC(=O)OCC)c(N)cc1F. The molecular weight excluding hydrogens is 251 g/mol. The van der Waals surface area contributed by atoms with Gasteiger partial charge >= 0.3 is 5.97 Å². The lowest BCUT2D eigenvalue weighted by Crippen LogP contribution is -2.17. The highest BCUT2D eigenvalue weighted by atomic mass is 19.1. The van der Waals surface area contributed by atoms with Crippen molar-refractivity contribution in [3.63, 3.8) is 0 Å². The first-order chi connectivity index (χ1) is 9.08. The van der Waals surface area contributed by atoms with E-state index < -0.39 is 11.8 Å². The molecule has 0 atom stereocenters. The molecule has 0 saturated carbocycles. The number of esters is 1. The number of carbonyl (C=O) groups is 1. The molecule has 0 heterocycles. The number of rotatable bonds is 7. The Balaban J connectivity index is 2.73. The van der Waals surface area contributed by atoms with E-state index in [0.717, 1.165) is 6.42 Å². The summed E-state index contributed by atoms with van der Waals surface area (Å²) in [6, 6.07) is 2.61. The van der Waals surface area contributed by atoms with Crippen molar-refractivity contribution in [1.82, 2.24) is 0 Å². The first-order valence-corrected chi connectivity index (χ1v) is 6.19. The van der Waals surface area contributed by atoms with Gasteiger partial charge in [0.25, 0.3) is 0 Å². The van der Waals surface area contributed by atoms with E-state index in [1.54, 1.807) is 6.92 Å². The zero-order valence-corrected chi connectivity index (χ0v) is 11.2. The van der Waals surface area contributed by atoms with E-state index in [9.17, 15) is 9.18 Å². The lowest BCUT2D eigenvalue weighted by molar-refractivity contribution is -0.140. The zero-order valence-electron chi connectivity index (χ0n) is 11.2. The van der Waals surface area contributed by atoms with Gasteiger partial charge in [0.2, 0.25) is 0 Å². The standard InChI is InChI=1S/C13H19FN2O3/c1-3-5-19-12-7-11(10(15)6-9(12)14)16-8-13(17)18-4-2/h6-7,16H,3-5,8,15H2,1-2H3. The van der Waals surface area contributed by atoms with Crippen molar-refractivity contribution < 1.29 is 18.7 Å². The molecule has 0 aromatic heterocycles. The van der Waals surface area contributed by atoms with Crippen LogP contribution >= 0.6 is 0 Å². The zero-order chi connectivity index (χ0) is 14.3. The maximum absolute atomic E-state index is 13.5. The van der Waals surface area contributed by atoms with Gasteiger partial charge in [-0.05, 0) is 13.3 Å². The highest BCUT2D eigenvalue weighted by molar-refractivity contribution is 5.78. The van der Waals surface area contributed by atoms with Gasteiger partial charge in [0.05, 0.1) is 24.6 Å². The number of carbonyl (C=O) groups excluding carboxylic acids is 1. The van der Waals surface area contributed by atoms with Crippen LogP contribution in [0.3, 0.4) is 0 Å². The van der Waals surface area contributed by atoms with E-state index in [1.807, 2.05) is 6.92 Å². The Morgan fingerprint density at radius 1 is 1.42 bits per heavy atom. The van der Waals surface area contributed by atoms with Gasteiger partial charge in [-0.1, -0.05) is 6.92 Å². The lowest BCUT2D eigenvalue weighted by atomic mass is 10.2. The van der Waals surface area contributed by atoms with Crippen LogP contribution < -0.4 is 15.8 Å². The average Bonchev–Trinajstić information content (AvgIpc) is 2.37.